The molecule has 0 saturated heterocycles. The van der Waals surface area contributed by atoms with Gasteiger partial charge in [-0.1, -0.05) is 48.3 Å². The van der Waals surface area contributed by atoms with E-state index in [-0.39, 0.29) is 18.8 Å². The van der Waals surface area contributed by atoms with Gasteiger partial charge in [0.15, 0.2) is 4.80 Å². The van der Waals surface area contributed by atoms with Gasteiger partial charge in [0.1, 0.15) is 23.9 Å². The van der Waals surface area contributed by atoms with Gasteiger partial charge in [-0.15, -0.1) is 0 Å². The van der Waals surface area contributed by atoms with Crippen molar-refractivity contribution in [3.05, 3.63) is 121 Å². The fourth-order valence-corrected chi connectivity index (χ4v) is 5.76. The first kappa shape index (κ1) is 29.5. The van der Waals surface area contributed by atoms with Crippen LogP contribution in [0.25, 0.3) is 17.4 Å². The molecule has 3 heterocycles. The summed E-state index contributed by atoms with van der Waals surface area (Å²) in [5.41, 5.74) is 2.27. The first-order valence-corrected chi connectivity index (χ1v) is 14.6. The van der Waals surface area contributed by atoms with Crippen LogP contribution >= 0.6 is 11.3 Å². The second kappa shape index (κ2) is 12.9. The van der Waals surface area contributed by atoms with Crippen LogP contribution < -0.4 is 19.6 Å². The smallest absolute Gasteiger partial charge is 0.338 e. The van der Waals surface area contributed by atoms with Crippen molar-refractivity contribution in [3.8, 4) is 17.1 Å². The van der Waals surface area contributed by atoms with E-state index in [9.17, 15) is 14.4 Å². The molecule has 2 aromatic heterocycles. The van der Waals surface area contributed by atoms with Gasteiger partial charge in [0.2, 0.25) is 0 Å². The normalized spacial score (nSPS) is 14.6. The molecule has 1 atom stereocenters. The van der Waals surface area contributed by atoms with Gasteiger partial charge < -0.3 is 18.6 Å². The molecule has 4 aromatic rings. The van der Waals surface area contributed by atoms with Gasteiger partial charge in [-0.3, -0.25) is 9.36 Å². The molecule has 0 spiro atoms. The van der Waals surface area contributed by atoms with Crippen LogP contribution in [0.4, 0.5) is 0 Å². The number of aromatic nitrogens is 1. The number of thiazole rings is 1. The summed E-state index contributed by atoms with van der Waals surface area (Å²) in [6.45, 7) is 9.70. The minimum atomic E-state index is -0.747. The monoisotopic (exact) mass is 598 g/mol. The van der Waals surface area contributed by atoms with Gasteiger partial charge in [0, 0.05) is 11.6 Å². The Morgan fingerprint density at radius 3 is 2.51 bits per heavy atom. The molecule has 0 amide bonds. The highest BCUT2D eigenvalue weighted by Crippen LogP contribution is 2.32. The van der Waals surface area contributed by atoms with E-state index in [1.54, 1.807) is 75.4 Å². The fraction of sp³-hybridized carbons (Fsp3) is 0.212. The lowest BCUT2D eigenvalue weighted by molar-refractivity contribution is -0.139. The summed E-state index contributed by atoms with van der Waals surface area (Å²) in [5.74, 6) is 0.667. The first-order chi connectivity index (χ1) is 20.8. The number of benzene rings is 2. The summed E-state index contributed by atoms with van der Waals surface area (Å²) in [4.78, 5) is 44.2. The van der Waals surface area contributed by atoms with E-state index in [0.29, 0.717) is 61.2 Å². The van der Waals surface area contributed by atoms with Crippen molar-refractivity contribution in [2.45, 2.75) is 26.8 Å². The summed E-state index contributed by atoms with van der Waals surface area (Å²) in [5, 5.41) is 0. The van der Waals surface area contributed by atoms with Crippen LogP contribution in [-0.2, 0) is 14.3 Å². The Kier molecular flexibility index (Phi) is 8.87. The van der Waals surface area contributed by atoms with E-state index in [0.717, 1.165) is 0 Å². The Hall–Kier alpha value is -4.96. The lowest BCUT2D eigenvalue weighted by atomic mass is 9.96. The second-order valence-corrected chi connectivity index (χ2v) is 10.5. The third-order valence-electron chi connectivity index (χ3n) is 6.64. The minimum Gasteiger partial charge on any atom is -0.490 e. The van der Waals surface area contributed by atoms with E-state index in [1.165, 1.54) is 15.9 Å². The number of carbonyl (C=O) groups is 2. The molecule has 43 heavy (non-hydrogen) atoms. The fourth-order valence-electron chi connectivity index (χ4n) is 4.74. The number of ether oxygens (including phenoxy) is 3. The number of carbonyl (C=O) groups excluding carboxylic acids is 2. The summed E-state index contributed by atoms with van der Waals surface area (Å²) in [6, 6.07) is 16.9. The number of nitrogens with zero attached hydrogens (tertiary/aromatic N) is 2. The highest BCUT2D eigenvalue weighted by Gasteiger charge is 2.33. The van der Waals surface area contributed by atoms with Gasteiger partial charge >= 0.3 is 11.9 Å². The molecule has 0 bridgehead atoms. The summed E-state index contributed by atoms with van der Waals surface area (Å²) < 4.78 is 24.0. The maximum atomic E-state index is 13.9. The molecule has 2 aromatic carbocycles. The quantitative estimate of drug-likeness (QED) is 0.191. The van der Waals surface area contributed by atoms with Crippen LogP contribution in [0, 0.1) is 0 Å². The number of hydrogen-bond donors (Lipinski definition) is 0. The van der Waals surface area contributed by atoms with Crippen LogP contribution in [0.2, 0.25) is 0 Å². The number of rotatable bonds is 10. The Morgan fingerprint density at radius 1 is 1.05 bits per heavy atom. The summed E-state index contributed by atoms with van der Waals surface area (Å²) in [6.07, 6.45) is 3.30. The van der Waals surface area contributed by atoms with Gasteiger partial charge in [-0.05, 0) is 62.7 Å². The third-order valence-corrected chi connectivity index (χ3v) is 7.62. The average molecular weight is 599 g/mol. The topological polar surface area (TPSA) is 109 Å². The Labute approximate surface area is 251 Å². The zero-order valence-corrected chi connectivity index (χ0v) is 24.8. The number of furan rings is 1. The van der Waals surface area contributed by atoms with Gasteiger partial charge in [-0.25, -0.2) is 14.6 Å². The standard InChI is InChI=1S/C33H30N2O7S/c1-5-17-41-24-13-11-21(12-14-24)29-28(32(38)40-7-3)20(4)34-33-35(29)30(36)27(43-33)19-25-15-16-26(42-25)22-9-8-10-23(18-22)31(37)39-6-2/h5,8-16,18-19,29H,1,6-7,17H2,2-4H3/b27-19-/t29-/m1/s1. The van der Waals surface area contributed by atoms with Crippen molar-refractivity contribution in [2.75, 3.05) is 19.8 Å². The number of hydrogen-bond acceptors (Lipinski definition) is 9. The molecule has 220 valence electrons. The largest absolute Gasteiger partial charge is 0.490 e. The Bertz CT molecular complexity index is 1890. The van der Waals surface area contributed by atoms with Crippen LogP contribution in [0.15, 0.2) is 98.8 Å². The molecular formula is C33H30N2O7S. The molecule has 0 saturated carbocycles. The second-order valence-electron chi connectivity index (χ2n) is 9.47. The van der Waals surface area contributed by atoms with Gasteiger partial charge in [0.05, 0.1) is 40.6 Å². The van der Waals surface area contributed by atoms with E-state index in [1.807, 2.05) is 18.2 Å². The third kappa shape index (κ3) is 6.14. The predicted octanol–water partition coefficient (Wildman–Crippen LogP) is 4.80. The van der Waals surface area contributed by atoms with Crippen molar-refractivity contribution in [1.82, 2.24) is 4.57 Å². The van der Waals surface area contributed by atoms with E-state index in [4.69, 9.17) is 18.6 Å². The van der Waals surface area contributed by atoms with Crippen molar-refractivity contribution >= 4 is 29.4 Å². The number of allylic oxidation sites excluding steroid dienone is 1. The molecule has 0 fully saturated rings. The predicted molar refractivity (Wildman–Crippen MR) is 163 cm³/mol. The molecule has 0 N–H and O–H groups in total. The maximum absolute atomic E-state index is 13.9. The average Bonchev–Trinajstić information content (AvgIpc) is 3.60. The van der Waals surface area contributed by atoms with Gasteiger partial charge in [-0.2, -0.15) is 0 Å². The van der Waals surface area contributed by atoms with E-state index in [2.05, 4.69) is 11.6 Å². The molecule has 1 aliphatic rings. The minimum absolute atomic E-state index is 0.185. The molecule has 0 radical (unpaired) electrons. The number of fused-ring (bicyclic) bond motifs is 1. The zero-order valence-electron chi connectivity index (χ0n) is 24.0. The maximum Gasteiger partial charge on any atom is 0.338 e. The van der Waals surface area contributed by atoms with Crippen molar-refractivity contribution in [1.29, 1.82) is 0 Å². The molecule has 0 unspecified atom stereocenters. The molecule has 10 heteroatoms. The first-order valence-electron chi connectivity index (χ1n) is 13.7. The molecule has 5 rings (SSSR count). The lowest BCUT2D eigenvalue weighted by Gasteiger charge is -2.24. The van der Waals surface area contributed by atoms with E-state index >= 15 is 0 Å². The molecule has 9 nitrogen and oxygen atoms in total. The lowest BCUT2D eigenvalue weighted by Crippen LogP contribution is -2.39. The summed E-state index contributed by atoms with van der Waals surface area (Å²) >= 11 is 1.20. The highest BCUT2D eigenvalue weighted by atomic mass is 32.1. The van der Waals surface area contributed by atoms with E-state index < -0.39 is 18.0 Å². The van der Waals surface area contributed by atoms with Crippen LogP contribution in [0.3, 0.4) is 0 Å². The number of esters is 2. The van der Waals surface area contributed by atoms with Crippen molar-refractivity contribution < 1.29 is 28.2 Å². The molecular weight excluding hydrogens is 568 g/mol. The van der Waals surface area contributed by atoms with Crippen LogP contribution in [0.1, 0.15) is 48.5 Å². The summed E-state index contributed by atoms with van der Waals surface area (Å²) in [7, 11) is 0. The van der Waals surface area contributed by atoms with Crippen LogP contribution in [-0.4, -0.2) is 36.3 Å². The zero-order chi connectivity index (χ0) is 30.5. The van der Waals surface area contributed by atoms with Crippen molar-refractivity contribution in [2.24, 2.45) is 4.99 Å². The van der Waals surface area contributed by atoms with Crippen LogP contribution in [0.5, 0.6) is 5.75 Å². The van der Waals surface area contributed by atoms with Gasteiger partial charge in [0.25, 0.3) is 5.56 Å². The van der Waals surface area contributed by atoms with Crippen molar-refractivity contribution in [3.63, 3.8) is 0 Å². The Morgan fingerprint density at radius 2 is 1.79 bits per heavy atom. The highest BCUT2D eigenvalue weighted by molar-refractivity contribution is 7.07. The Balaban J connectivity index is 1.55. The SMILES string of the molecule is C=CCOc1ccc([C@@H]2C(C(=O)OCC)=C(C)N=c3s/c(=C\c4ccc(-c5cccc(C(=O)OCC)c5)o4)c(=O)n32)cc1. The molecule has 0 aliphatic carbocycles. The molecule has 1 aliphatic heterocycles.